The number of ether oxygens (including phenoxy) is 3. The molecule has 0 bridgehead atoms. The standard InChI is InChI=1S/C29H29N3O4S/c1-34-25-16-22(17-26(35-2)29(25)36-3)31-18-20-7-4-6-19(14-20)9-12-28(33)32-24-15-21(10-11-23(24)30)27-8-5-13-37-27/h4-17,31H,18,30H2,1-3H3,(H,32,33)/b12-9+. The number of nitrogens with two attached hydrogens (primary N) is 1. The third-order valence-electron chi connectivity index (χ3n) is 5.66. The minimum Gasteiger partial charge on any atom is -0.493 e. The van der Waals surface area contributed by atoms with Crippen LogP contribution in [0.3, 0.4) is 0 Å². The van der Waals surface area contributed by atoms with E-state index in [-0.39, 0.29) is 5.91 Å². The van der Waals surface area contributed by atoms with E-state index in [1.807, 2.05) is 66.0 Å². The highest BCUT2D eigenvalue weighted by Crippen LogP contribution is 2.40. The highest BCUT2D eigenvalue weighted by atomic mass is 32.1. The fraction of sp³-hybridized carbons (Fsp3) is 0.138. The van der Waals surface area contributed by atoms with E-state index in [0.29, 0.717) is 35.2 Å². The lowest BCUT2D eigenvalue weighted by molar-refractivity contribution is -0.111. The average Bonchev–Trinajstić information content (AvgIpc) is 3.46. The first-order valence-corrected chi connectivity index (χ1v) is 12.4. The Bertz CT molecular complexity index is 1380. The van der Waals surface area contributed by atoms with E-state index >= 15 is 0 Å². The van der Waals surface area contributed by atoms with Crippen molar-refractivity contribution < 1.29 is 19.0 Å². The van der Waals surface area contributed by atoms with Crippen LogP contribution in [0.2, 0.25) is 0 Å². The molecule has 4 aromatic rings. The summed E-state index contributed by atoms with van der Waals surface area (Å²) in [6, 6.07) is 21.3. The number of nitrogen functional groups attached to an aromatic ring is 1. The summed E-state index contributed by atoms with van der Waals surface area (Å²) in [4.78, 5) is 13.7. The monoisotopic (exact) mass is 515 g/mol. The van der Waals surface area contributed by atoms with Gasteiger partial charge in [0.1, 0.15) is 0 Å². The van der Waals surface area contributed by atoms with E-state index in [2.05, 4.69) is 10.6 Å². The van der Waals surface area contributed by atoms with E-state index in [9.17, 15) is 4.79 Å². The summed E-state index contributed by atoms with van der Waals surface area (Å²) in [5.74, 6) is 1.44. The molecule has 0 atom stereocenters. The van der Waals surface area contributed by atoms with E-state index in [0.717, 1.165) is 27.3 Å². The molecule has 190 valence electrons. The van der Waals surface area contributed by atoms with Gasteiger partial charge in [0.05, 0.1) is 32.7 Å². The second kappa shape index (κ2) is 12.0. The Labute approximate surface area is 220 Å². The third-order valence-corrected chi connectivity index (χ3v) is 6.58. The van der Waals surface area contributed by atoms with Crippen LogP contribution in [0.25, 0.3) is 16.5 Å². The molecule has 4 rings (SSSR count). The van der Waals surface area contributed by atoms with Crippen molar-refractivity contribution in [1.82, 2.24) is 0 Å². The topological polar surface area (TPSA) is 94.8 Å². The zero-order chi connectivity index (χ0) is 26.2. The molecule has 7 nitrogen and oxygen atoms in total. The second-order valence-corrected chi connectivity index (χ2v) is 9.06. The van der Waals surface area contributed by atoms with E-state index in [1.54, 1.807) is 44.8 Å². The van der Waals surface area contributed by atoms with Crippen molar-refractivity contribution >= 4 is 40.4 Å². The predicted molar refractivity (Wildman–Crippen MR) is 152 cm³/mol. The van der Waals surface area contributed by atoms with Crippen molar-refractivity contribution in [2.45, 2.75) is 6.54 Å². The van der Waals surface area contributed by atoms with Gasteiger partial charge in [0.25, 0.3) is 0 Å². The van der Waals surface area contributed by atoms with Crippen LogP contribution in [-0.4, -0.2) is 27.2 Å². The van der Waals surface area contributed by atoms with Gasteiger partial charge in [-0.25, -0.2) is 0 Å². The highest BCUT2D eigenvalue weighted by molar-refractivity contribution is 7.13. The maximum atomic E-state index is 12.6. The first-order valence-electron chi connectivity index (χ1n) is 11.6. The summed E-state index contributed by atoms with van der Waals surface area (Å²) in [6.45, 7) is 0.568. The molecule has 0 unspecified atom stereocenters. The molecule has 3 aromatic carbocycles. The zero-order valence-corrected chi connectivity index (χ0v) is 21.7. The van der Waals surface area contributed by atoms with E-state index in [1.165, 1.54) is 6.08 Å². The first-order chi connectivity index (χ1) is 18.0. The molecular formula is C29H29N3O4S. The van der Waals surface area contributed by atoms with Crippen LogP contribution in [0.1, 0.15) is 11.1 Å². The molecule has 0 radical (unpaired) electrons. The molecular weight excluding hydrogens is 486 g/mol. The smallest absolute Gasteiger partial charge is 0.248 e. The molecule has 1 heterocycles. The molecule has 0 aliphatic heterocycles. The number of nitrogens with one attached hydrogen (secondary N) is 2. The van der Waals surface area contributed by atoms with Crippen LogP contribution in [0, 0.1) is 0 Å². The normalized spacial score (nSPS) is 10.8. The van der Waals surface area contributed by atoms with Crippen LogP contribution in [-0.2, 0) is 11.3 Å². The fourth-order valence-corrected chi connectivity index (χ4v) is 4.52. The Morgan fingerprint density at radius 3 is 2.41 bits per heavy atom. The van der Waals surface area contributed by atoms with Gasteiger partial charge in [-0.05, 0) is 52.4 Å². The van der Waals surface area contributed by atoms with Gasteiger partial charge in [0, 0.05) is 35.3 Å². The molecule has 4 N–H and O–H groups in total. The number of benzene rings is 3. The van der Waals surface area contributed by atoms with Crippen molar-refractivity contribution in [2.75, 3.05) is 37.7 Å². The Kier molecular flexibility index (Phi) is 8.33. The number of carbonyl (C=O) groups is 1. The van der Waals surface area contributed by atoms with Crippen LogP contribution < -0.4 is 30.6 Å². The molecule has 1 aromatic heterocycles. The summed E-state index contributed by atoms with van der Waals surface area (Å²) < 4.78 is 16.2. The number of anilines is 3. The number of thiophene rings is 1. The number of hydrogen-bond acceptors (Lipinski definition) is 7. The average molecular weight is 516 g/mol. The van der Waals surface area contributed by atoms with Gasteiger partial charge >= 0.3 is 0 Å². The Hall–Kier alpha value is -4.43. The van der Waals surface area contributed by atoms with E-state index < -0.39 is 0 Å². The first kappa shape index (κ1) is 25.7. The van der Waals surface area contributed by atoms with Gasteiger partial charge in [-0.1, -0.05) is 30.3 Å². The van der Waals surface area contributed by atoms with Crippen LogP contribution in [0.4, 0.5) is 17.1 Å². The molecule has 0 aliphatic rings. The van der Waals surface area contributed by atoms with Crippen molar-refractivity contribution in [1.29, 1.82) is 0 Å². The van der Waals surface area contributed by atoms with Gasteiger partial charge < -0.3 is 30.6 Å². The van der Waals surface area contributed by atoms with Crippen molar-refractivity contribution in [3.8, 4) is 27.7 Å². The maximum absolute atomic E-state index is 12.6. The third kappa shape index (κ3) is 6.42. The van der Waals surface area contributed by atoms with Crippen LogP contribution in [0.5, 0.6) is 17.2 Å². The number of carbonyl (C=O) groups excluding carboxylic acids is 1. The summed E-state index contributed by atoms with van der Waals surface area (Å²) in [5.41, 5.74) is 11.0. The Morgan fingerprint density at radius 2 is 1.73 bits per heavy atom. The summed E-state index contributed by atoms with van der Waals surface area (Å²) in [5, 5.41) is 8.28. The molecule has 0 saturated heterocycles. The highest BCUT2D eigenvalue weighted by Gasteiger charge is 2.13. The second-order valence-electron chi connectivity index (χ2n) is 8.11. The maximum Gasteiger partial charge on any atom is 0.248 e. The summed E-state index contributed by atoms with van der Waals surface area (Å²) in [7, 11) is 4.74. The molecule has 1 amide bonds. The van der Waals surface area contributed by atoms with Gasteiger partial charge in [-0.15, -0.1) is 11.3 Å². The molecule has 37 heavy (non-hydrogen) atoms. The number of hydrogen-bond donors (Lipinski definition) is 3. The molecule has 0 spiro atoms. The van der Waals surface area contributed by atoms with Crippen molar-refractivity contribution in [2.24, 2.45) is 0 Å². The Morgan fingerprint density at radius 1 is 0.946 bits per heavy atom. The van der Waals surface area contributed by atoms with Gasteiger partial charge in [0.2, 0.25) is 11.7 Å². The SMILES string of the molecule is COc1cc(NCc2cccc(/C=C/C(=O)Nc3cc(-c4cccs4)ccc3N)c2)cc(OC)c1OC. The molecule has 0 aliphatic carbocycles. The van der Waals surface area contributed by atoms with E-state index in [4.69, 9.17) is 19.9 Å². The van der Waals surface area contributed by atoms with Crippen molar-refractivity contribution in [3.05, 3.63) is 89.3 Å². The predicted octanol–water partition coefficient (Wildman–Crippen LogP) is 6.29. The molecule has 0 saturated carbocycles. The zero-order valence-electron chi connectivity index (χ0n) is 20.9. The van der Waals surface area contributed by atoms with Gasteiger partial charge in [-0.2, -0.15) is 0 Å². The Balaban J connectivity index is 1.41. The van der Waals surface area contributed by atoms with Crippen LogP contribution in [0.15, 0.2) is 78.2 Å². The van der Waals surface area contributed by atoms with Crippen LogP contribution >= 0.6 is 11.3 Å². The number of methoxy groups -OCH3 is 3. The minimum atomic E-state index is -0.254. The molecule has 0 fully saturated rings. The summed E-state index contributed by atoms with van der Waals surface area (Å²) in [6.07, 6.45) is 3.28. The molecule has 8 heteroatoms. The lowest BCUT2D eigenvalue weighted by Crippen LogP contribution is -2.09. The van der Waals surface area contributed by atoms with Crippen molar-refractivity contribution in [3.63, 3.8) is 0 Å². The number of rotatable bonds is 10. The lowest BCUT2D eigenvalue weighted by atomic mass is 10.1. The number of amides is 1. The largest absolute Gasteiger partial charge is 0.493 e. The van der Waals surface area contributed by atoms with Gasteiger partial charge in [0.15, 0.2) is 11.5 Å². The minimum absolute atomic E-state index is 0.254. The lowest BCUT2D eigenvalue weighted by Gasteiger charge is -2.15. The van der Waals surface area contributed by atoms with Gasteiger partial charge in [-0.3, -0.25) is 4.79 Å². The fourth-order valence-electron chi connectivity index (χ4n) is 3.80. The summed E-state index contributed by atoms with van der Waals surface area (Å²) >= 11 is 1.64. The quantitative estimate of drug-likeness (QED) is 0.170.